The lowest BCUT2D eigenvalue weighted by atomic mass is 10.2. The maximum atomic E-state index is 13.0. The molecule has 0 bridgehead atoms. The summed E-state index contributed by atoms with van der Waals surface area (Å²) in [7, 11) is -3.53. The molecule has 1 aliphatic rings. The van der Waals surface area contributed by atoms with E-state index in [0.717, 1.165) is 18.4 Å². The number of piperazine rings is 1. The van der Waals surface area contributed by atoms with Gasteiger partial charge in [0.2, 0.25) is 10.0 Å². The number of hydrogen-bond acceptors (Lipinski definition) is 6. The summed E-state index contributed by atoms with van der Waals surface area (Å²) in [5.41, 5.74) is 0.977. The molecule has 1 saturated heterocycles. The van der Waals surface area contributed by atoms with Crippen LogP contribution in [-0.2, 0) is 29.7 Å². The molecule has 11 heteroatoms. The van der Waals surface area contributed by atoms with E-state index in [1.54, 1.807) is 28.8 Å². The Hall–Kier alpha value is -2.76. The van der Waals surface area contributed by atoms with Crippen molar-refractivity contribution in [2.75, 3.05) is 26.2 Å². The van der Waals surface area contributed by atoms with Gasteiger partial charge in [-0.1, -0.05) is 31.0 Å². The van der Waals surface area contributed by atoms with Crippen molar-refractivity contribution in [3.63, 3.8) is 0 Å². The van der Waals surface area contributed by atoms with E-state index < -0.39 is 21.3 Å². The molecule has 1 fully saturated rings. The lowest BCUT2D eigenvalue weighted by Gasteiger charge is -2.33. The highest BCUT2D eigenvalue weighted by Gasteiger charge is 2.29. The van der Waals surface area contributed by atoms with Gasteiger partial charge >= 0.3 is 5.69 Å². The molecule has 1 aliphatic heterocycles. The largest absolute Gasteiger partial charge is 0.330 e. The summed E-state index contributed by atoms with van der Waals surface area (Å²) in [5, 5.41) is 0. The first-order chi connectivity index (χ1) is 16.3. The summed E-state index contributed by atoms with van der Waals surface area (Å²) in [6.07, 6.45) is 1.73. The molecular formula is C23H32N6O4S. The number of sulfonamides is 1. The molecule has 0 unspecified atom stereocenters. The van der Waals surface area contributed by atoms with Crippen molar-refractivity contribution in [1.29, 1.82) is 0 Å². The fourth-order valence-corrected chi connectivity index (χ4v) is 5.81. The van der Waals surface area contributed by atoms with Crippen LogP contribution in [0.5, 0.6) is 0 Å². The minimum absolute atomic E-state index is 0.309. The van der Waals surface area contributed by atoms with Crippen LogP contribution >= 0.6 is 0 Å². The van der Waals surface area contributed by atoms with Crippen LogP contribution in [0.3, 0.4) is 0 Å². The van der Waals surface area contributed by atoms with Crippen molar-refractivity contribution in [2.45, 2.75) is 58.1 Å². The third-order valence-electron chi connectivity index (χ3n) is 6.37. The highest BCUT2D eigenvalue weighted by Crippen LogP contribution is 2.20. The van der Waals surface area contributed by atoms with Gasteiger partial charge in [0.05, 0.1) is 11.4 Å². The van der Waals surface area contributed by atoms with E-state index in [1.807, 2.05) is 25.3 Å². The summed E-state index contributed by atoms with van der Waals surface area (Å²) in [6.45, 7) is 9.29. The van der Waals surface area contributed by atoms with E-state index in [2.05, 4.69) is 9.88 Å². The predicted octanol–water partition coefficient (Wildman–Crippen LogP) is 1.52. The summed E-state index contributed by atoms with van der Waals surface area (Å²) in [6, 6.07) is 6.91. The molecule has 34 heavy (non-hydrogen) atoms. The van der Waals surface area contributed by atoms with Gasteiger partial charge in [-0.05, 0) is 32.4 Å². The van der Waals surface area contributed by atoms with E-state index in [-0.39, 0.29) is 0 Å². The second-order valence-electron chi connectivity index (χ2n) is 8.70. The number of imidazole rings is 1. The third kappa shape index (κ3) is 4.59. The summed E-state index contributed by atoms with van der Waals surface area (Å²) in [5.74, 6) is 0.702. The third-order valence-corrected chi connectivity index (χ3v) is 8.28. The average molecular weight is 489 g/mol. The van der Waals surface area contributed by atoms with Gasteiger partial charge in [0.15, 0.2) is 11.2 Å². The number of aromatic nitrogens is 4. The average Bonchev–Trinajstić information content (AvgIpc) is 3.18. The second kappa shape index (κ2) is 9.85. The molecule has 1 aromatic carbocycles. The molecule has 184 valence electrons. The van der Waals surface area contributed by atoms with E-state index in [0.29, 0.717) is 67.7 Å². The summed E-state index contributed by atoms with van der Waals surface area (Å²) < 4.78 is 30.9. The smallest absolute Gasteiger partial charge is 0.321 e. The SMILES string of the molecule is CCCCn1c(=O)[nH]c(=O)c2c1nc(CN1CCN(S(=O)(=O)c3ccc(C)cc3)CC1)n2CC. The van der Waals surface area contributed by atoms with Crippen molar-refractivity contribution < 1.29 is 8.42 Å². The van der Waals surface area contributed by atoms with Crippen LogP contribution in [0.1, 0.15) is 38.1 Å². The maximum Gasteiger partial charge on any atom is 0.330 e. The molecule has 0 saturated carbocycles. The van der Waals surface area contributed by atoms with Crippen LogP contribution in [0.2, 0.25) is 0 Å². The van der Waals surface area contributed by atoms with Crippen molar-refractivity contribution in [2.24, 2.45) is 0 Å². The van der Waals surface area contributed by atoms with Gasteiger partial charge < -0.3 is 4.57 Å². The van der Waals surface area contributed by atoms with Crippen LogP contribution in [0.25, 0.3) is 11.2 Å². The summed E-state index contributed by atoms with van der Waals surface area (Å²) in [4.78, 5) is 34.6. The zero-order chi connectivity index (χ0) is 24.5. The van der Waals surface area contributed by atoms with Gasteiger partial charge in [0, 0.05) is 39.3 Å². The van der Waals surface area contributed by atoms with Gasteiger partial charge in [-0.25, -0.2) is 18.2 Å². The standard InChI is InChI=1S/C23H32N6O4S/c1-4-6-11-29-21-20(22(30)25-23(29)31)28(5-2)19(24-21)16-26-12-14-27(15-13-26)34(32,33)18-9-7-17(3)8-10-18/h7-10H,4-6,11-16H2,1-3H3,(H,25,30,31). The van der Waals surface area contributed by atoms with E-state index >= 15 is 0 Å². The lowest BCUT2D eigenvalue weighted by molar-refractivity contribution is 0.176. The number of hydrogen-bond donors (Lipinski definition) is 1. The molecule has 0 spiro atoms. The van der Waals surface area contributed by atoms with Gasteiger partial charge in [0.1, 0.15) is 5.82 Å². The monoisotopic (exact) mass is 488 g/mol. The van der Waals surface area contributed by atoms with Crippen LogP contribution in [0, 0.1) is 6.92 Å². The number of unbranched alkanes of at least 4 members (excludes halogenated alkanes) is 1. The molecule has 0 atom stereocenters. The number of aryl methyl sites for hydroxylation is 3. The molecule has 0 aliphatic carbocycles. The van der Waals surface area contributed by atoms with Crippen LogP contribution in [-0.4, -0.2) is 62.9 Å². The minimum atomic E-state index is -3.53. The first-order valence-corrected chi connectivity index (χ1v) is 13.2. The van der Waals surface area contributed by atoms with E-state index in [9.17, 15) is 18.0 Å². The van der Waals surface area contributed by atoms with Crippen molar-refractivity contribution in [3.05, 3.63) is 56.5 Å². The molecule has 3 heterocycles. The van der Waals surface area contributed by atoms with Gasteiger partial charge in [-0.2, -0.15) is 4.31 Å². The van der Waals surface area contributed by atoms with Crippen molar-refractivity contribution in [3.8, 4) is 0 Å². The molecular weight excluding hydrogens is 456 g/mol. The Balaban J connectivity index is 1.55. The normalized spacial score (nSPS) is 15.9. The van der Waals surface area contributed by atoms with Crippen LogP contribution in [0.15, 0.2) is 38.8 Å². The topological polar surface area (TPSA) is 113 Å². The van der Waals surface area contributed by atoms with Crippen LogP contribution < -0.4 is 11.2 Å². The Morgan fingerprint density at radius 3 is 2.29 bits per heavy atom. The molecule has 2 aromatic heterocycles. The molecule has 1 N–H and O–H groups in total. The highest BCUT2D eigenvalue weighted by atomic mass is 32.2. The Labute approximate surface area is 198 Å². The number of H-pyrrole nitrogens is 1. The lowest BCUT2D eigenvalue weighted by Crippen LogP contribution is -2.48. The second-order valence-corrected chi connectivity index (χ2v) is 10.6. The number of fused-ring (bicyclic) bond motifs is 1. The number of benzene rings is 1. The predicted molar refractivity (Wildman–Crippen MR) is 130 cm³/mol. The van der Waals surface area contributed by atoms with Crippen molar-refractivity contribution in [1.82, 2.24) is 28.3 Å². The quantitative estimate of drug-likeness (QED) is 0.514. The number of nitrogens with zero attached hydrogens (tertiary/aromatic N) is 5. The van der Waals surface area contributed by atoms with Crippen molar-refractivity contribution >= 4 is 21.2 Å². The van der Waals surface area contributed by atoms with Crippen LogP contribution in [0.4, 0.5) is 0 Å². The molecule has 0 radical (unpaired) electrons. The number of aromatic amines is 1. The first-order valence-electron chi connectivity index (χ1n) is 11.8. The van der Waals surface area contributed by atoms with Gasteiger partial charge in [-0.15, -0.1) is 0 Å². The summed E-state index contributed by atoms with van der Waals surface area (Å²) >= 11 is 0. The Morgan fingerprint density at radius 2 is 1.68 bits per heavy atom. The zero-order valence-corrected chi connectivity index (χ0v) is 20.8. The minimum Gasteiger partial charge on any atom is -0.321 e. The Bertz CT molecular complexity index is 1380. The maximum absolute atomic E-state index is 13.0. The molecule has 3 aromatic rings. The number of nitrogens with one attached hydrogen (secondary N) is 1. The fraction of sp³-hybridized carbons (Fsp3) is 0.522. The highest BCUT2D eigenvalue weighted by molar-refractivity contribution is 7.89. The van der Waals surface area contributed by atoms with Gasteiger partial charge in [-0.3, -0.25) is 19.2 Å². The van der Waals surface area contributed by atoms with Gasteiger partial charge in [0.25, 0.3) is 5.56 Å². The van der Waals surface area contributed by atoms with E-state index in [1.165, 1.54) is 4.31 Å². The Morgan fingerprint density at radius 1 is 1.00 bits per heavy atom. The number of rotatable bonds is 8. The fourth-order valence-electron chi connectivity index (χ4n) is 4.39. The molecule has 4 rings (SSSR count). The Kier molecular flexibility index (Phi) is 7.06. The molecule has 0 amide bonds. The zero-order valence-electron chi connectivity index (χ0n) is 20.0. The first kappa shape index (κ1) is 24.4. The van der Waals surface area contributed by atoms with E-state index in [4.69, 9.17) is 4.98 Å². The molecule has 10 nitrogen and oxygen atoms in total.